The zero-order chi connectivity index (χ0) is 10.3. The van der Waals surface area contributed by atoms with Gasteiger partial charge in [0.05, 0.1) is 0 Å². The molecule has 0 aliphatic rings. The molecule has 0 aromatic heterocycles. The van der Waals surface area contributed by atoms with E-state index in [1.165, 1.54) is 19.3 Å². The molecule has 2 N–H and O–H groups in total. The number of alkyl halides is 2. The lowest BCUT2D eigenvalue weighted by Crippen LogP contribution is -2.31. The average Bonchev–Trinajstić information content (AvgIpc) is 2.02. The molecule has 0 aliphatic heterocycles. The highest BCUT2D eigenvalue weighted by molar-refractivity contribution is 6.30. The second-order valence-corrected chi connectivity index (χ2v) is 4.39. The Balaban J connectivity index is 3.32. The highest BCUT2D eigenvalue weighted by atomic mass is 35.5. The van der Waals surface area contributed by atoms with Gasteiger partial charge in [-0.1, -0.05) is 50.6 Å². The molecular weight excluding hydrogens is 211 g/mol. The van der Waals surface area contributed by atoms with E-state index >= 15 is 0 Å². The normalized spacial score (nSPS) is 14.5. The summed E-state index contributed by atoms with van der Waals surface area (Å²) in [6, 6.07) is 0. The summed E-state index contributed by atoms with van der Waals surface area (Å²) in [5.41, 5.74) is 0. The minimum Gasteiger partial charge on any atom is -0.352 e. The second-order valence-electron chi connectivity index (χ2n) is 3.31. The van der Waals surface area contributed by atoms with Crippen LogP contribution in [0.1, 0.15) is 45.4 Å². The fourth-order valence-corrected chi connectivity index (χ4v) is 1.37. The SMILES string of the molecule is CCCCCCCC(Cl)C(O)(O)Cl. The summed E-state index contributed by atoms with van der Waals surface area (Å²) in [6.45, 7) is 2.15. The predicted octanol–water partition coefficient (Wildman–Crippen LogP) is 2.83. The van der Waals surface area contributed by atoms with Gasteiger partial charge in [-0.05, 0) is 6.42 Å². The van der Waals surface area contributed by atoms with Gasteiger partial charge in [-0.15, -0.1) is 11.6 Å². The summed E-state index contributed by atoms with van der Waals surface area (Å²) in [6.07, 6.45) is 6.10. The molecule has 0 saturated heterocycles. The third-order valence-electron chi connectivity index (χ3n) is 1.96. The maximum absolute atomic E-state index is 8.88. The van der Waals surface area contributed by atoms with Crippen molar-refractivity contribution < 1.29 is 10.2 Å². The van der Waals surface area contributed by atoms with E-state index in [0.717, 1.165) is 12.8 Å². The van der Waals surface area contributed by atoms with E-state index < -0.39 is 10.6 Å². The van der Waals surface area contributed by atoms with Gasteiger partial charge in [-0.25, -0.2) is 0 Å². The first-order valence-corrected chi connectivity index (χ1v) is 5.57. The van der Waals surface area contributed by atoms with E-state index in [1.807, 2.05) is 0 Å². The molecule has 0 amide bonds. The van der Waals surface area contributed by atoms with Crippen LogP contribution in [0.15, 0.2) is 0 Å². The van der Waals surface area contributed by atoms with E-state index in [2.05, 4.69) is 6.92 Å². The minimum atomic E-state index is -2.26. The highest BCUT2D eigenvalue weighted by Crippen LogP contribution is 2.23. The lowest BCUT2D eigenvalue weighted by atomic mass is 10.1. The van der Waals surface area contributed by atoms with Crippen molar-refractivity contribution in [1.29, 1.82) is 0 Å². The number of halogens is 2. The van der Waals surface area contributed by atoms with E-state index in [9.17, 15) is 0 Å². The maximum atomic E-state index is 8.88. The van der Waals surface area contributed by atoms with Crippen LogP contribution >= 0.6 is 23.2 Å². The molecule has 1 unspecified atom stereocenters. The summed E-state index contributed by atoms with van der Waals surface area (Å²) >= 11 is 10.8. The van der Waals surface area contributed by atoms with Crippen molar-refractivity contribution in [2.45, 2.75) is 56.1 Å². The second kappa shape index (κ2) is 6.88. The van der Waals surface area contributed by atoms with Gasteiger partial charge in [0.15, 0.2) is 0 Å². The van der Waals surface area contributed by atoms with Gasteiger partial charge in [0, 0.05) is 0 Å². The molecule has 0 heterocycles. The van der Waals surface area contributed by atoms with Crippen LogP contribution in [0.4, 0.5) is 0 Å². The monoisotopic (exact) mass is 228 g/mol. The van der Waals surface area contributed by atoms with Gasteiger partial charge in [-0.2, -0.15) is 0 Å². The summed E-state index contributed by atoms with van der Waals surface area (Å²) in [7, 11) is 0. The fourth-order valence-electron chi connectivity index (χ4n) is 1.11. The molecule has 0 spiro atoms. The Labute approximate surface area is 89.9 Å². The third kappa shape index (κ3) is 7.56. The number of hydrogen-bond acceptors (Lipinski definition) is 2. The van der Waals surface area contributed by atoms with Crippen LogP contribution in [0.25, 0.3) is 0 Å². The molecule has 0 rings (SSSR count). The molecular formula is C9H18Cl2O2. The van der Waals surface area contributed by atoms with Gasteiger partial charge in [0.25, 0.3) is 5.25 Å². The molecule has 0 fully saturated rings. The first kappa shape index (κ1) is 13.5. The first-order chi connectivity index (χ1) is 5.98. The van der Waals surface area contributed by atoms with Crippen LogP contribution in [0.5, 0.6) is 0 Å². The lowest BCUT2D eigenvalue weighted by molar-refractivity contribution is -0.0872. The van der Waals surface area contributed by atoms with Crippen LogP contribution in [0.2, 0.25) is 0 Å². The van der Waals surface area contributed by atoms with Crippen molar-refractivity contribution in [1.82, 2.24) is 0 Å². The topological polar surface area (TPSA) is 40.5 Å². The molecule has 80 valence electrons. The maximum Gasteiger partial charge on any atom is 0.260 e. The summed E-state index contributed by atoms with van der Waals surface area (Å²) in [5.74, 6) is 0. The van der Waals surface area contributed by atoms with Crippen LogP contribution in [-0.2, 0) is 0 Å². The Morgan fingerprint density at radius 1 is 1.15 bits per heavy atom. The van der Waals surface area contributed by atoms with Crippen molar-refractivity contribution in [3.63, 3.8) is 0 Å². The zero-order valence-electron chi connectivity index (χ0n) is 7.97. The standard InChI is InChI=1S/C9H18Cl2O2/c1-2-3-4-5-6-7-8(10)9(11,12)13/h8,12-13H,2-7H2,1H3. The van der Waals surface area contributed by atoms with E-state index in [1.54, 1.807) is 0 Å². The fraction of sp³-hybridized carbons (Fsp3) is 1.00. The Morgan fingerprint density at radius 3 is 2.15 bits per heavy atom. The first-order valence-electron chi connectivity index (χ1n) is 4.76. The van der Waals surface area contributed by atoms with Crippen LogP contribution in [-0.4, -0.2) is 20.8 Å². The number of rotatable bonds is 7. The molecule has 0 saturated carbocycles. The Bertz CT molecular complexity index is 123. The van der Waals surface area contributed by atoms with Crippen LogP contribution in [0, 0.1) is 0 Å². The van der Waals surface area contributed by atoms with Gasteiger partial charge in [0.2, 0.25) is 0 Å². The van der Waals surface area contributed by atoms with Gasteiger partial charge in [0.1, 0.15) is 5.38 Å². The van der Waals surface area contributed by atoms with Crippen LogP contribution in [0.3, 0.4) is 0 Å². The van der Waals surface area contributed by atoms with Crippen molar-refractivity contribution in [3.8, 4) is 0 Å². The molecule has 4 heteroatoms. The Morgan fingerprint density at radius 2 is 1.69 bits per heavy atom. The Hall–Kier alpha value is 0.500. The van der Waals surface area contributed by atoms with Gasteiger partial charge >= 0.3 is 0 Å². The van der Waals surface area contributed by atoms with Crippen molar-refractivity contribution >= 4 is 23.2 Å². The Kier molecular flexibility index (Phi) is 7.15. The minimum absolute atomic E-state index is 0.543. The van der Waals surface area contributed by atoms with Gasteiger partial charge in [-0.3, -0.25) is 0 Å². The summed E-state index contributed by atoms with van der Waals surface area (Å²) in [4.78, 5) is 0. The number of unbranched alkanes of at least 4 members (excludes halogenated alkanes) is 4. The summed E-state index contributed by atoms with van der Waals surface area (Å²) in [5, 5.41) is 14.7. The van der Waals surface area contributed by atoms with Gasteiger partial charge < -0.3 is 10.2 Å². The van der Waals surface area contributed by atoms with E-state index in [0.29, 0.717) is 6.42 Å². The molecule has 0 bridgehead atoms. The average molecular weight is 229 g/mol. The lowest BCUT2D eigenvalue weighted by Gasteiger charge is -2.19. The smallest absolute Gasteiger partial charge is 0.260 e. The van der Waals surface area contributed by atoms with Crippen LogP contribution < -0.4 is 0 Å². The van der Waals surface area contributed by atoms with E-state index in [-0.39, 0.29) is 0 Å². The zero-order valence-corrected chi connectivity index (χ0v) is 9.48. The molecule has 13 heavy (non-hydrogen) atoms. The molecule has 0 aliphatic carbocycles. The van der Waals surface area contributed by atoms with Crippen molar-refractivity contribution in [2.24, 2.45) is 0 Å². The highest BCUT2D eigenvalue weighted by Gasteiger charge is 2.29. The predicted molar refractivity (Wildman–Crippen MR) is 56.0 cm³/mol. The number of aliphatic hydroxyl groups is 2. The molecule has 0 aromatic carbocycles. The molecule has 0 radical (unpaired) electrons. The number of hydrogen-bond donors (Lipinski definition) is 2. The quantitative estimate of drug-likeness (QED) is 0.400. The summed E-state index contributed by atoms with van der Waals surface area (Å²) < 4.78 is 0. The molecule has 0 aromatic rings. The largest absolute Gasteiger partial charge is 0.352 e. The molecule has 1 atom stereocenters. The van der Waals surface area contributed by atoms with Crippen molar-refractivity contribution in [3.05, 3.63) is 0 Å². The van der Waals surface area contributed by atoms with E-state index in [4.69, 9.17) is 33.4 Å². The third-order valence-corrected chi connectivity index (χ3v) is 2.86. The molecule has 2 nitrogen and oxygen atoms in total. The van der Waals surface area contributed by atoms with Crippen molar-refractivity contribution in [2.75, 3.05) is 0 Å².